The number of aromatic nitrogens is 1. The lowest BCUT2D eigenvalue weighted by atomic mass is 9.95. The first kappa shape index (κ1) is 14.6. The van der Waals surface area contributed by atoms with Crippen molar-refractivity contribution >= 4 is 5.96 Å². The SMILES string of the molecule is CN=C(NCc1ccon1)NCC1(c2ccccc2F)CC1. The molecule has 1 aromatic carbocycles. The first-order valence-electron chi connectivity index (χ1n) is 7.32. The maximum Gasteiger partial charge on any atom is 0.191 e. The second-order valence-electron chi connectivity index (χ2n) is 5.53. The van der Waals surface area contributed by atoms with Gasteiger partial charge in [-0.2, -0.15) is 0 Å². The number of guanidine groups is 1. The average Bonchev–Trinajstić information content (AvgIpc) is 3.13. The molecule has 0 saturated heterocycles. The van der Waals surface area contributed by atoms with Crippen molar-refractivity contribution in [1.82, 2.24) is 15.8 Å². The van der Waals surface area contributed by atoms with Gasteiger partial charge in [0, 0.05) is 25.1 Å². The molecule has 0 radical (unpaired) electrons. The molecule has 1 fully saturated rings. The second kappa shape index (κ2) is 6.17. The van der Waals surface area contributed by atoms with Gasteiger partial charge in [-0.1, -0.05) is 23.4 Å². The summed E-state index contributed by atoms with van der Waals surface area (Å²) in [7, 11) is 1.71. The van der Waals surface area contributed by atoms with Crippen molar-refractivity contribution in [3.63, 3.8) is 0 Å². The van der Waals surface area contributed by atoms with Crippen LogP contribution < -0.4 is 10.6 Å². The van der Waals surface area contributed by atoms with Gasteiger partial charge in [0.1, 0.15) is 17.8 Å². The maximum atomic E-state index is 14.0. The summed E-state index contributed by atoms with van der Waals surface area (Å²) in [6.07, 6.45) is 3.51. The van der Waals surface area contributed by atoms with Gasteiger partial charge in [0.15, 0.2) is 5.96 Å². The monoisotopic (exact) mass is 302 g/mol. The number of halogens is 1. The second-order valence-corrected chi connectivity index (χ2v) is 5.53. The molecule has 0 spiro atoms. The van der Waals surface area contributed by atoms with E-state index >= 15 is 0 Å². The molecule has 3 rings (SSSR count). The third-order valence-corrected chi connectivity index (χ3v) is 4.04. The number of nitrogens with zero attached hydrogens (tertiary/aromatic N) is 2. The highest BCUT2D eigenvalue weighted by Crippen LogP contribution is 2.48. The molecule has 22 heavy (non-hydrogen) atoms. The zero-order valence-corrected chi connectivity index (χ0v) is 12.5. The Morgan fingerprint density at radius 1 is 1.32 bits per heavy atom. The molecule has 5 nitrogen and oxygen atoms in total. The minimum Gasteiger partial charge on any atom is -0.364 e. The molecule has 1 aliphatic carbocycles. The van der Waals surface area contributed by atoms with Gasteiger partial charge >= 0.3 is 0 Å². The fraction of sp³-hybridized carbons (Fsp3) is 0.375. The number of nitrogens with one attached hydrogen (secondary N) is 2. The Balaban J connectivity index is 1.58. The maximum absolute atomic E-state index is 14.0. The zero-order valence-electron chi connectivity index (χ0n) is 12.5. The van der Waals surface area contributed by atoms with E-state index in [1.807, 2.05) is 12.1 Å². The lowest BCUT2D eigenvalue weighted by Gasteiger charge is -2.19. The number of hydrogen-bond acceptors (Lipinski definition) is 3. The quantitative estimate of drug-likeness (QED) is 0.656. The normalized spacial score (nSPS) is 16.4. The van der Waals surface area contributed by atoms with Crippen LogP contribution >= 0.6 is 0 Å². The molecule has 2 N–H and O–H groups in total. The van der Waals surface area contributed by atoms with E-state index in [2.05, 4.69) is 20.8 Å². The van der Waals surface area contributed by atoms with Crippen molar-refractivity contribution in [1.29, 1.82) is 0 Å². The molecule has 1 aromatic heterocycles. The third kappa shape index (κ3) is 3.10. The van der Waals surface area contributed by atoms with Crippen LogP contribution in [0.1, 0.15) is 24.1 Å². The number of benzene rings is 1. The Hall–Kier alpha value is -2.37. The van der Waals surface area contributed by atoms with E-state index in [9.17, 15) is 4.39 Å². The van der Waals surface area contributed by atoms with Crippen molar-refractivity contribution in [2.45, 2.75) is 24.8 Å². The Labute approximate surface area is 128 Å². The molecular weight excluding hydrogens is 283 g/mol. The van der Waals surface area contributed by atoms with E-state index in [0.717, 1.165) is 24.1 Å². The van der Waals surface area contributed by atoms with Gasteiger partial charge in [-0.15, -0.1) is 0 Å². The van der Waals surface area contributed by atoms with Crippen LogP contribution in [-0.2, 0) is 12.0 Å². The summed E-state index contributed by atoms with van der Waals surface area (Å²) in [6.45, 7) is 1.19. The van der Waals surface area contributed by atoms with Crippen molar-refractivity contribution in [3.05, 3.63) is 53.7 Å². The van der Waals surface area contributed by atoms with Gasteiger partial charge in [-0.3, -0.25) is 4.99 Å². The summed E-state index contributed by atoms with van der Waals surface area (Å²) in [5.74, 6) is 0.540. The molecule has 1 saturated carbocycles. The predicted octanol–water partition coefficient (Wildman–Crippen LogP) is 2.21. The molecule has 0 unspecified atom stereocenters. The molecule has 116 valence electrons. The summed E-state index contributed by atoms with van der Waals surface area (Å²) in [6, 6.07) is 8.79. The van der Waals surface area contributed by atoms with E-state index < -0.39 is 0 Å². The average molecular weight is 302 g/mol. The summed E-state index contributed by atoms with van der Waals surface area (Å²) < 4.78 is 18.8. The molecular formula is C16H19FN4O. The molecule has 0 amide bonds. The molecule has 1 aliphatic rings. The van der Waals surface area contributed by atoms with Crippen LogP contribution in [-0.4, -0.2) is 24.7 Å². The smallest absolute Gasteiger partial charge is 0.191 e. The van der Waals surface area contributed by atoms with E-state index in [1.165, 1.54) is 12.3 Å². The summed E-state index contributed by atoms with van der Waals surface area (Å²) in [4.78, 5) is 4.18. The number of aliphatic imine (C=N–C) groups is 1. The largest absolute Gasteiger partial charge is 0.364 e. The lowest BCUT2D eigenvalue weighted by Crippen LogP contribution is -2.41. The van der Waals surface area contributed by atoms with E-state index in [0.29, 0.717) is 19.0 Å². The van der Waals surface area contributed by atoms with Crippen molar-refractivity contribution in [2.24, 2.45) is 4.99 Å². The minimum absolute atomic E-state index is 0.114. The topological polar surface area (TPSA) is 62.5 Å². The molecule has 0 bridgehead atoms. The zero-order chi connectivity index (χ0) is 15.4. The summed E-state index contributed by atoms with van der Waals surface area (Å²) in [5, 5.41) is 10.3. The van der Waals surface area contributed by atoms with Crippen molar-refractivity contribution < 1.29 is 8.91 Å². The van der Waals surface area contributed by atoms with Gasteiger partial charge in [0.2, 0.25) is 0 Å². The number of rotatable bonds is 5. The van der Waals surface area contributed by atoms with Crippen LogP contribution in [0.25, 0.3) is 0 Å². The molecule has 0 atom stereocenters. The fourth-order valence-corrected chi connectivity index (χ4v) is 2.56. The first-order chi connectivity index (χ1) is 10.7. The number of hydrogen-bond donors (Lipinski definition) is 2. The van der Waals surface area contributed by atoms with E-state index in [1.54, 1.807) is 19.2 Å². The van der Waals surface area contributed by atoms with E-state index in [4.69, 9.17) is 4.52 Å². The third-order valence-electron chi connectivity index (χ3n) is 4.04. The van der Waals surface area contributed by atoms with Crippen LogP contribution in [0.4, 0.5) is 4.39 Å². The van der Waals surface area contributed by atoms with Crippen LogP contribution in [0, 0.1) is 5.82 Å². The van der Waals surface area contributed by atoms with Gasteiger partial charge in [0.25, 0.3) is 0 Å². The summed E-state index contributed by atoms with van der Waals surface area (Å²) in [5.41, 5.74) is 1.48. The first-order valence-corrected chi connectivity index (χ1v) is 7.32. The van der Waals surface area contributed by atoms with Gasteiger partial charge in [0.05, 0.1) is 6.54 Å². The highest BCUT2D eigenvalue weighted by atomic mass is 19.1. The van der Waals surface area contributed by atoms with Crippen LogP contribution in [0.5, 0.6) is 0 Å². The molecule has 0 aliphatic heterocycles. The molecule has 1 heterocycles. The highest BCUT2D eigenvalue weighted by molar-refractivity contribution is 5.79. The Morgan fingerprint density at radius 3 is 2.77 bits per heavy atom. The Kier molecular flexibility index (Phi) is 4.09. The molecule has 6 heteroatoms. The standard InChI is InChI=1S/C16H19FN4O/c1-18-15(19-10-12-6-9-22-21-12)20-11-16(7-8-16)13-4-2-3-5-14(13)17/h2-6,9H,7-8,10-11H2,1H3,(H2,18,19,20). The lowest BCUT2D eigenvalue weighted by molar-refractivity contribution is 0.410. The van der Waals surface area contributed by atoms with Gasteiger partial charge in [-0.25, -0.2) is 4.39 Å². The van der Waals surface area contributed by atoms with Crippen molar-refractivity contribution in [3.8, 4) is 0 Å². The van der Waals surface area contributed by atoms with Crippen molar-refractivity contribution in [2.75, 3.05) is 13.6 Å². The van der Waals surface area contributed by atoms with Gasteiger partial charge < -0.3 is 15.2 Å². The van der Waals surface area contributed by atoms with Gasteiger partial charge in [-0.05, 0) is 24.5 Å². The van der Waals surface area contributed by atoms with Crippen LogP contribution in [0.15, 0.2) is 46.1 Å². The minimum atomic E-state index is -0.132. The predicted molar refractivity (Wildman–Crippen MR) is 82.0 cm³/mol. The Bertz CT molecular complexity index is 650. The fourth-order valence-electron chi connectivity index (χ4n) is 2.56. The highest BCUT2D eigenvalue weighted by Gasteiger charge is 2.45. The molecule has 2 aromatic rings. The van der Waals surface area contributed by atoms with Crippen LogP contribution in [0.2, 0.25) is 0 Å². The Morgan fingerprint density at radius 2 is 2.14 bits per heavy atom. The summed E-state index contributed by atoms with van der Waals surface area (Å²) >= 11 is 0. The van der Waals surface area contributed by atoms with Crippen LogP contribution in [0.3, 0.4) is 0 Å². The van der Waals surface area contributed by atoms with E-state index in [-0.39, 0.29) is 11.2 Å².